The quantitative estimate of drug-likeness (QED) is 0.793. The van der Waals surface area contributed by atoms with E-state index in [1.165, 1.54) is 12.1 Å². The van der Waals surface area contributed by atoms with E-state index in [2.05, 4.69) is 10.6 Å². The third-order valence-electron chi connectivity index (χ3n) is 2.57. The van der Waals surface area contributed by atoms with Gasteiger partial charge in [0.25, 0.3) is 0 Å². The normalized spacial score (nSPS) is 10.0. The van der Waals surface area contributed by atoms with Crippen LogP contribution in [0.2, 0.25) is 0 Å². The van der Waals surface area contributed by atoms with Crippen LogP contribution in [0.25, 0.3) is 0 Å². The topological polar surface area (TPSA) is 67.1 Å². The second-order valence-electron chi connectivity index (χ2n) is 3.96. The Morgan fingerprint density at radius 3 is 2.37 bits per heavy atom. The van der Waals surface area contributed by atoms with E-state index in [1.54, 1.807) is 24.3 Å². The summed E-state index contributed by atoms with van der Waals surface area (Å²) in [6, 6.07) is 12.6. The zero-order valence-corrected chi connectivity index (χ0v) is 10.2. The van der Waals surface area contributed by atoms with E-state index >= 15 is 0 Å². The summed E-state index contributed by atoms with van der Waals surface area (Å²) in [6.45, 7) is 0.446. The first-order valence-corrected chi connectivity index (χ1v) is 5.80. The molecule has 4 nitrogen and oxygen atoms in total. The molecule has 2 aromatic carbocycles. The van der Waals surface area contributed by atoms with E-state index in [1.807, 2.05) is 12.1 Å². The van der Waals surface area contributed by atoms with E-state index in [9.17, 15) is 9.18 Å². The molecular formula is C14H14FN3O. The number of nitrogens with one attached hydrogen (secondary N) is 2. The highest BCUT2D eigenvalue weighted by atomic mass is 19.1. The maximum atomic E-state index is 13.3. The first kappa shape index (κ1) is 13.0. The van der Waals surface area contributed by atoms with Gasteiger partial charge in [0.15, 0.2) is 0 Å². The van der Waals surface area contributed by atoms with E-state index in [4.69, 9.17) is 5.73 Å². The van der Waals surface area contributed by atoms with Gasteiger partial charge in [0.05, 0.1) is 5.69 Å². The van der Waals surface area contributed by atoms with Crippen LogP contribution >= 0.6 is 0 Å². The van der Waals surface area contributed by atoms with Gasteiger partial charge in [0.2, 0.25) is 0 Å². The van der Waals surface area contributed by atoms with Crippen molar-refractivity contribution in [2.45, 2.75) is 6.54 Å². The van der Waals surface area contributed by atoms with Gasteiger partial charge < -0.3 is 16.4 Å². The number of hydrogen-bond donors (Lipinski definition) is 3. The highest BCUT2D eigenvalue weighted by Crippen LogP contribution is 2.14. The molecule has 0 atom stereocenters. The Kier molecular flexibility index (Phi) is 4.10. The van der Waals surface area contributed by atoms with Crippen molar-refractivity contribution < 1.29 is 9.18 Å². The predicted molar refractivity (Wildman–Crippen MR) is 73.4 cm³/mol. The van der Waals surface area contributed by atoms with E-state index in [-0.39, 0.29) is 5.69 Å². The number of carbonyl (C=O) groups excluding carboxylic acids is 1. The summed E-state index contributed by atoms with van der Waals surface area (Å²) in [5.41, 5.74) is 7.21. The van der Waals surface area contributed by atoms with Crippen LogP contribution in [0, 0.1) is 5.82 Å². The van der Waals surface area contributed by atoms with Crippen LogP contribution in [0.1, 0.15) is 5.56 Å². The molecule has 0 aliphatic carbocycles. The van der Waals surface area contributed by atoms with E-state index in [0.717, 1.165) is 5.56 Å². The van der Waals surface area contributed by atoms with E-state index < -0.39 is 11.8 Å². The molecule has 0 aromatic heterocycles. The van der Waals surface area contributed by atoms with Crippen LogP contribution in [-0.2, 0) is 6.54 Å². The molecule has 2 rings (SSSR count). The lowest BCUT2D eigenvalue weighted by molar-refractivity contribution is 0.262. The van der Waals surface area contributed by atoms with Crippen molar-refractivity contribution in [2.75, 3.05) is 10.6 Å². The molecule has 0 fully saturated rings. The number of amides is 2. The molecule has 98 valence electrons. The van der Waals surface area contributed by atoms with Gasteiger partial charge in [-0.2, -0.15) is 0 Å². The minimum atomic E-state index is -0.495. The fourth-order valence-electron chi connectivity index (χ4n) is 1.57. The summed E-state index contributed by atoms with van der Waals surface area (Å²) in [6.07, 6.45) is 0. The van der Waals surface area contributed by atoms with Gasteiger partial charge in [-0.1, -0.05) is 24.3 Å². The molecule has 5 heteroatoms. The Hall–Kier alpha value is -2.40. The fraction of sp³-hybridized carbons (Fsp3) is 0.0714. The Bertz CT molecular complexity index is 569. The van der Waals surface area contributed by atoms with Crippen LogP contribution in [-0.4, -0.2) is 6.03 Å². The summed E-state index contributed by atoms with van der Waals surface area (Å²) in [7, 11) is 0. The first-order valence-electron chi connectivity index (χ1n) is 5.80. The first-order chi connectivity index (χ1) is 9.19. The lowest BCUT2D eigenvalue weighted by atomic mass is 10.2. The van der Waals surface area contributed by atoms with Crippen molar-refractivity contribution in [3.05, 3.63) is 59.9 Å². The number of carbonyl (C=O) groups is 1. The molecule has 0 aliphatic rings. The minimum absolute atomic E-state index is 0.138. The third kappa shape index (κ3) is 3.53. The molecule has 4 N–H and O–H groups in total. The SMILES string of the molecule is NCc1ccc(NC(=O)Nc2ccccc2F)cc1. The lowest BCUT2D eigenvalue weighted by Gasteiger charge is -2.08. The number of benzene rings is 2. The van der Waals surface area contributed by atoms with Crippen molar-refractivity contribution in [1.29, 1.82) is 0 Å². The van der Waals surface area contributed by atoms with Crippen molar-refractivity contribution in [3.8, 4) is 0 Å². The summed E-state index contributed by atoms with van der Waals surface area (Å²) < 4.78 is 13.3. The number of anilines is 2. The number of para-hydroxylation sites is 1. The van der Waals surface area contributed by atoms with Crippen LogP contribution in [0.15, 0.2) is 48.5 Å². The number of halogens is 1. The molecule has 0 saturated heterocycles. The molecule has 0 heterocycles. The number of nitrogens with two attached hydrogens (primary N) is 1. The molecule has 0 spiro atoms. The zero-order chi connectivity index (χ0) is 13.7. The van der Waals surface area contributed by atoms with Gasteiger partial charge in [-0.3, -0.25) is 0 Å². The Labute approximate surface area is 110 Å². The monoisotopic (exact) mass is 259 g/mol. The van der Waals surface area contributed by atoms with Crippen LogP contribution < -0.4 is 16.4 Å². The lowest BCUT2D eigenvalue weighted by Crippen LogP contribution is -2.20. The zero-order valence-electron chi connectivity index (χ0n) is 10.2. The summed E-state index contributed by atoms with van der Waals surface area (Å²) in [5.74, 6) is -0.476. The molecule has 0 aliphatic heterocycles. The largest absolute Gasteiger partial charge is 0.326 e. The predicted octanol–water partition coefficient (Wildman–Crippen LogP) is 2.93. The van der Waals surface area contributed by atoms with Gasteiger partial charge in [0.1, 0.15) is 5.82 Å². The van der Waals surface area contributed by atoms with Crippen molar-refractivity contribution >= 4 is 17.4 Å². The van der Waals surface area contributed by atoms with Crippen LogP contribution in [0.4, 0.5) is 20.6 Å². The smallest absolute Gasteiger partial charge is 0.323 e. The summed E-state index contributed by atoms with van der Waals surface area (Å²) in [4.78, 5) is 11.7. The molecule has 2 aromatic rings. The van der Waals surface area contributed by atoms with Gasteiger partial charge in [0, 0.05) is 12.2 Å². The second-order valence-corrected chi connectivity index (χ2v) is 3.96. The molecule has 2 amide bonds. The molecule has 0 unspecified atom stereocenters. The Balaban J connectivity index is 1.99. The summed E-state index contributed by atoms with van der Waals surface area (Å²) in [5, 5.41) is 5.05. The summed E-state index contributed by atoms with van der Waals surface area (Å²) >= 11 is 0. The van der Waals surface area contributed by atoms with Crippen molar-refractivity contribution in [1.82, 2.24) is 0 Å². The second kappa shape index (κ2) is 5.97. The highest BCUT2D eigenvalue weighted by molar-refractivity contribution is 5.99. The minimum Gasteiger partial charge on any atom is -0.326 e. The third-order valence-corrected chi connectivity index (χ3v) is 2.57. The number of rotatable bonds is 3. The Morgan fingerprint density at radius 2 is 1.74 bits per heavy atom. The number of urea groups is 1. The molecule has 0 radical (unpaired) electrons. The average molecular weight is 259 g/mol. The van der Waals surface area contributed by atoms with Gasteiger partial charge in [-0.05, 0) is 29.8 Å². The molecule has 0 saturated carbocycles. The van der Waals surface area contributed by atoms with Gasteiger partial charge in [-0.25, -0.2) is 9.18 Å². The van der Waals surface area contributed by atoms with Crippen molar-refractivity contribution in [2.24, 2.45) is 5.73 Å². The number of hydrogen-bond acceptors (Lipinski definition) is 2. The standard InChI is InChI=1S/C14H14FN3O/c15-12-3-1-2-4-13(12)18-14(19)17-11-7-5-10(9-16)6-8-11/h1-8H,9,16H2,(H2,17,18,19). The maximum absolute atomic E-state index is 13.3. The van der Waals surface area contributed by atoms with Gasteiger partial charge in [-0.15, -0.1) is 0 Å². The average Bonchev–Trinajstić information content (AvgIpc) is 2.42. The van der Waals surface area contributed by atoms with Crippen molar-refractivity contribution in [3.63, 3.8) is 0 Å². The van der Waals surface area contributed by atoms with Crippen LogP contribution in [0.3, 0.4) is 0 Å². The molecule has 19 heavy (non-hydrogen) atoms. The maximum Gasteiger partial charge on any atom is 0.323 e. The van der Waals surface area contributed by atoms with Crippen LogP contribution in [0.5, 0.6) is 0 Å². The molecule has 0 bridgehead atoms. The Morgan fingerprint density at radius 1 is 1.05 bits per heavy atom. The molecular weight excluding hydrogens is 245 g/mol. The van der Waals surface area contributed by atoms with Gasteiger partial charge >= 0.3 is 6.03 Å². The van der Waals surface area contributed by atoms with E-state index in [0.29, 0.717) is 12.2 Å². The highest BCUT2D eigenvalue weighted by Gasteiger charge is 2.05. The fourth-order valence-corrected chi connectivity index (χ4v) is 1.57.